The zero-order chi connectivity index (χ0) is 18.0. The third kappa shape index (κ3) is 2.79. The number of carbonyl (C=O) groups is 1. The first kappa shape index (κ1) is 16.5. The molecular weight excluding hydrogens is 314 g/mol. The van der Waals surface area contributed by atoms with E-state index in [-0.39, 0.29) is 5.69 Å². The van der Waals surface area contributed by atoms with E-state index in [0.717, 1.165) is 22.4 Å². The van der Waals surface area contributed by atoms with Gasteiger partial charge in [0.2, 0.25) is 5.69 Å². The van der Waals surface area contributed by atoms with Crippen molar-refractivity contribution in [2.75, 3.05) is 0 Å². The molecule has 0 aliphatic carbocycles. The number of rotatable bonds is 4. The van der Waals surface area contributed by atoms with Crippen molar-refractivity contribution >= 4 is 11.7 Å². The molecule has 124 valence electrons. The van der Waals surface area contributed by atoms with Gasteiger partial charge in [-0.2, -0.15) is 0 Å². The normalized spacial score (nSPS) is 10.4. The molecule has 2 heterocycles. The fourth-order valence-electron chi connectivity index (χ4n) is 3.13. The molecule has 0 saturated heterocycles. The summed E-state index contributed by atoms with van der Waals surface area (Å²) in [5, 5.41) is 9.64. The summed E-state index contributed by atoms with van der Waals surface area (Å²) >= 11 is 0. The minimum atomic E-state index is -1.03. The number of hydrogen-bond donors (Lipinski definition) is 1. The minimum absolute atomic E-state index is 0.150. The van der Waals surface area contributed by atoms with E-state index in [0.29, 0.717) is 17.7 Å². The predicted octanol–water partition coefficient (Wildman–Crippen LogP) is 4.57. The van der Waals surface area contributed by atoms with Crippen LogP contribution in [0, 0.1) is 6.57 Å². The van der Waals surface area contributed by atoms with E-state index in [9.17, 15) is 9.90 Å². The molecule has 0 aliphatic rings. The van der Waals surface area contributed by atoms with Crippen molar-refractivity contribution in [3.05, 3.63) is 71.6 Å². The summed E-state index contributed by atoms with van der Waals surface area (Å²) in [5.41, 5.74) is 4.49. The zero-order valence-corrected chi connectivity index (χ0v) is 14.0. The average molecular weight is 331 g/mol. The van der Waals surface area contributed by atoms with Gasteiger partial charge in [-0.1, -0.05) is 37.3 Å². The van der Waals surface area contributed by atoms with E-state index >= 15 is 0 Å². The lowest BCUT2D eigenvalue weighted by molar-refractivity contribution is 0.0687. The van der Waals surface area contributed by atoms with Gasteiger partial charge in [0.25, 0.3) is 0 Å². The van der Waals surface area contributed by atoms with Crippen molar-refractivity contribution in [2.45, 2.75) is 13.3 Å². The van der Waals surface area contributed by atoms with E-state index in [1.807, 2.05) is 43.3 Å². The van der Waals surface area contributed by atoms with Crippen LogP contribution in [0.4, 0.5) is 5.69 Å². The molecule has 0 radical (unpaired) electrons. The van der Waals surface area contributed by atoms with E-state index in [4.69, 9.17) is 6.57 Å². The highest BCUT2D eigenvalue weighted by molar-refractivity contribution is 6.00. The van der Waals surface area contributed by atoms with Crippen molar-refractivity contribution in [2.24, 2.45) is 7.05 Å². The highest BCUT2D eigenvalue weighted by Gasteiger charge is 2.25. The van der Waals surface area contributed by atoms with Crippen LogP contribution >= 0.6 is 0 Å². The SMILES string of the molecule is [C-]#[N+]c1c(-c2ccc(-c3cccnc3)cc2)c(C(=O)O)n(C)c1CC. The Morgan fingerprint density at radius 1 is 1.20 bits per heavy atom. The van der Waals surface area contributed by atoms with Gasteiger partial charge in [0, 0.05) is 30.7 Å². The molecule has 1 aromatic carbocycles. The smallest absolute Gasteiger partial charge is 0.351 e. The van der Waals surface area contributed by atoms with Crippen LogP contribution in [0.1, 0.15) is 23.1 Å². The largest absolute Gasteiger partial charge is 0.477 e. The van der Waals surface area contributed by atoms with Gasteiger partial charge in [-0.15, -0.1) is 0 Å². The molecule has 0 bridgehead atoms. The molecule has 2 aromatic heterocycles. The molecule has 0 fully saturated rings. The Bertz CT molecular complexity index is 965. The van der Waals surface area contributed by atoms with Gasteiger partial charge in [0.15, 0.2) is 0 Å². The molecule has 0 saturated carbocycles. The van der Waals surface area contributed by atoms with Gasteiger partial charge in [-0.25, -0.2) is 9.64 Å². The molecule has 0 amide bonds. The summed E-state index contributed by atoms with van der Waals surface area (Å²) in [7, 11) is 1.70. The number of aromatic carboxylic acids is 1. The van der Waals surface area contributed by atoms with Gasteiger partial charge >= 0.3 is 5.97 Å². The molecule has 0 atom stereocenters. The maximum absolute atomic E-state index is 11.8. The van der Waals surface area contributed by atoms with E-state index in [1.54, 1.807) is 24.0 Å². The van der Waals surface area contributed by atoms with Crippen LogP contribution in [-0.2, 0) is 13.5 Å². The maximum atomic E-state index is 11.8. The monoisotopic (exact) mass is 331 g/mol. The second-order valence-electron chi connectivity index (χ2n) is 5.67. The molecule has 5 heteroatoms. The quantitative estimate of drug-likeness (QED) is 0.713. The second-order valence-corrected chi connectivity index (χ2v) is 5.67. The van der Waals surface area contributed by atoms with E-state index in [2.05, 4.69) is 9.83 Å². The van der Waals surface area contributed by atoms with Crippen LogP contribution < -0.4 is 0 Å². The predicted molar refractivity (Wildman–Crippen MR) is 96.7 cm³/mol. The number of nitrogens with zero attached hydrogens (tertiary/aromatic N) is 3. The van der Waals surface area contributed by atoms with Gasteiger partial charge in [-0.05, 0) is 29.2 Å². The summed E-state index contributed by atoms with van der Waals surface area (Å²) in [5.74, 6) is -1.03. The van der Waals surface area contributed by atoms with E-state index < -0.39 is 5.97 Å². The Morgan fingerprint density at radius 2 is 1.88 bits per heavy atom. The first-order chi connectivity index (χ1) is 12.1. The van der Waals surface area contributed by atoms with Gasteiger partial charge < -0.3 is 9.67 Å². The number of hydrogen-bond acceptors (Lipinski definition) is 2. The molecule has 0 spiro atoms. The molecule has 0 aliphatic heterocycles. The van der Waals surface area contributed by atoms with Crippen molar-refractivity contribution in [3.63, 3.8) is 0 Å². The first-order valence-electron chi connectivity index (χ1n) is 7.91. The fraction of sp³-hybridized carbons (Fsp3) is 0.150. The molecule has 1 N–H and O–H groups in total. The zero-order valence-electron chi connectivity index (χ0n) is 14.0. The average Bonchev–Trinajstić information content (AvgIpc) is 2.94. The van der Waals surface area contributed by atoms with Gasteiger partial charge in [0.05, 0.1) is 6.57 Å². The fourth-order valence-corrected chi connectivity index (χ4v) is 3.13. The van der Waals surface area contributed by atoms with E-state index in [1.165, 1.54) is 0 Å². The number of pyridine rings is 1. The molecule has 25 heavy (non-hydrogen) atoms. The van der Waals surface area contributed by atoms with Gasteiger partial charge in [0.1, 0.15) is 5.69 Å². The molecular formula is C20H17N3O2. The Labute approximate surface area is 146 Å². The van der Waals surface area contributed by atoms with Crippen LogP contribution in [0.25, 0.3) is 27.1 Å². The lowest BCUT2D eigenvalue weighted by atomic mass is 10.00. The Balaban J connectivity index is 2.17. The minimum Gasteiger partial charge on any atom is -0.477 e. The van der Waals surface area contributed by atoms with Gasteiger partial charge in [-0.3, -0.25) is 4.98 Å². The van der Waals surface area contributed by atoms with Crippen molar-refractivity contribution in [3.8, 4) is 22.3 Å². The third-order valence-electron chi connectivity index (χ3n) is 4.30. The number of aromatic nitrogens is 2. The van der Waals surface area contributed by atoms with Crippen molar-refractivity contribution in [1.82, 2.24) is 9.55 Å². The standard InChI is InChI=1S/C20H17N3O2/c1-4-16-18(21-2)17(19(20(24)25)23(16)3)14-9-7-13(8-10-14)15-6-5-11-22-12-15/h5-12H,4H2,1,3H3,(H,24,25). The molecule has 5 nitrogen and oxygen atoms in total. The highest BCUT2D eigenvalue weighted by Crippen LogP contribution is 2.39. The van der Waals surface area contributed by atoms with Crippen molar-refractivity contribution < 1.29 is 9.90 Å². The molecule has 3 rings (SSSR count). The number of carboxylic acid groups (broad SMARTS) is 1. The Hall–Kier alpha value is -3.39. The van der Waals surface area contributed by atoms with Crippen LogP contribution in [0.15, 0.2) is 48.8 Å². The first-order valence-corrected chi connectivity index (χ1v) is 7.91. The highest BCUT2D eigenvalue weighted by atomic mass is 16.4. The van der Waals surface area contributed by atoms with Crippen LogP contribution in [0.5, 0.6) is 0 Å². The summed E-state index contributed by atoms with van der Waals surface area (Å²) in [6.45, 7) is 9.44. The summed E-state index contributed by atoms with van der Waals surface area (Å²) < 4.78 is 1.61. The Kier molecular flexibility index (Phi) is 4.36. The summed E-state index contributed by atoms with van der Waals surface area (Å²) in [6.07, 6.45) is 4.09. The number of carboxylic acids is 1. The summed E-state index contributed by atoms with van der Waals surface area (Å²) in [6, 6.07) is 11.4. The second kappa shape index (κ2) is 6.62. The van der Waals surface area contributed by atoms with Crippen molar-refractivity contribution in [1.29, 1.82) is 0 Å². The topological polar surface area (TPSA) is 59.5 Å². The van der Waals surface area contributed by atoms with Crippen LogP contribution in [0.2, 0.25) is 0 Å². The molecule has 3 aromatic rings. The lowest BCUT2D eigenvalue weighted by Gasteiger charge is -2.06. The van der Waals surface area contributed by atoms with Crippen LogP contribution in [0.3, 0.4) is 0 Å². The number of benzene rings is 1. The third-order valence-corrected chi connectivity index (χ3v) is 4.30. The molecule has 0 unspecified atom stereocenters. The van der Waals surface area contributed by atoms with Crippen LogP contribution in [-0.4, -0.2) is 20.6 Å². The maximum Gasteiger partial charge on any atom is 0.351 e. The Morgan fingerprint density at radius 3 is 2.40 bits per heavy atom. The lowest BCUT2D eigenvalue weighted by Crippen LogP contribution is -2.07. The summed E-state index contributed by atoms with van der Waals surface area (Å²) in [4.78, 5) is 19.5.